The van der Waals surface area contributed by atoms with Crippen molar-refractivity contribution in [2.45, 2.75) is 17.6 Å². The molecule has 0 atom stereocenters. The summed E-state index contributed by atoms with van der Waals surface area (Å²) < 4.78 is 80.9. The van der Waals surface area contributed by atoms with Gasteiger partial charge in [-0.2, -0.15) is 13.2 Å². The molecule has 0 fully saturated rings. The van der Waals surface area contributed by atoms with Crippen molar-refractivity contribution in [3.63, 3.8) is 0 Å². The summed E-state index contributed by atoms with van der Waals surface area (Å²) in [4.78, 5) is -0.482. The molecule has 27 heavy (non-hydrogen) atoms. The number of halogens is 3. The molecule has 0 saturated heterocycles. The summed E-state index contributed by atoms with van der Waals surface area (Å²) in [5.74, 6) is 0.986. The average Bonchev–Trinajstić information content (AvgIpc) is 2.64. The SMILES string of the molecule is COc1cc(CNS(=O)(=O)c2cccc(C(F)(F)F)c2)cc(OC)c1OC. The van der Waals surface area contributed by atoms with Crippen molar-refractivity contribution >= 4 is 10.0 Å². The molecule has 2 aromatic carbocycles. The van der Waals surface area contributed by atoms with Gasteiger partial charge in [0.15, 0.2) is 11.5 Å². The molecule has 10 heteroatoms. The Morgan fingerprint density at radius 2 is 1.56 bits per heavy atom. The number of benzene rings is 2. The molecule has 0 aliphatic heterocycles. The van der Waals surface area contributed by atoms with Crippen LogP contribution in [0.3, 0.4) is 0 Å². The van der Waals surface area contributed by atoms with E-state index in [0.717, 1.165) is 18.2 Å². The first kappa shape index (κ1) is 20.8. The minimum Gasteiger partial charge on any atom is -0.493 e. The topological polar surface area (TPSA) is 73.9 Å². The van der Waals surface area contributed by atoms with E-state index in [1.165, 1.54) is 33.5 Å². The van der Waals surface area contributed by atoms with E-state index in [2.05, 4.69) is 4.72 Å². The quantitative estimate of drug-likeness (QED) is 0.766. The van der Waals surface area contributed by atoms with E-state index in [0.29, 0.717) is 28.9 Å². The minimum atomic E-state index is -4.64. The smallest absolute Gasteiger partial charge is 0.416 e. The van der Waals surface area contributed by atoms with Gasteiger partial charge in [-0.15, -0.1) is 0 Å². The highest BCUT2D eigenvalue weighted by atomic mass is 32.2. The summed E-state index contributed by atoms with van der Waals surface area (Å²) in [5.41, 5.74) is -0.571. The maximum absolute atomic E-state index is 12.8. The number of hydrogen-bond donors (Lipinski definition) is 1. The number of rotatable bonds is 7. The molecule has 0 aromatic heterocycles. The molecule has 0 amide bonds. The van der Waals surface area contributed by atoms with E-state index in [1.54, 1.807) is 0 Å². The van der Waals surface area contributed by atoms with E-state index in [4.69, 9.17) is 14.2 Å². The third-order valence-electron chi connectivity index (χ3n) is 3.66. The van der Waals surface area contributed by atoms with Gasteiger partial charge in [0, 0.05) is 6.54 Å². The van der Waals surface area contributed by atoms with Gasteiger partial charge in [0.05, 0.1) is 31.8 Å². The Hall–Kier alpha value is -2.46. The molecule has 2 rings (SSSR count). The van der Waals surface area contributed by atoms with Crippen LogP contribution in [0.2, 0.25) is 0 Å². The monoisotopic (exact) mass is 405 g/mol. The average molecular weight is 405 g/mol. The van der Waals surface area contributed by atoms with Crippen molar-refractivity contribution in [2.75, 3.05) is 21.3 Å². The Morgan fingerprint density at radius 3 is 2.04 bits per heavy atom. The summed E-state index contributed by atoms with van der Waals surface area (Å²) in [6.45, 7) is -0.185. The first-order chi connectivity index (χ1) is 12.6. The van der Waals surface area contributed by atoms with Gasteiger partial charge in [-0.1, -0.05) is 6.07 Å². The standard InChI is InChI=1S/C17H18F3NO5S/c1-24-14-7-11(8-15(25-2)16(14)26-3)10-21-27(22,23)13-6-4-5-12(9-13)17(18,19)20/h4-9,21H,10H2,1-3H3. The molecule has 0 bridgehead atoms. The van der Waals surface area contributed by atoms with Gasteiger partial charge in [0.2, 0.25) is 15.8 Å². The molecule has 0 unspecified atom stereocenters. The maximum atomic E-state index is 12.8. The highest BCUT2D eigenvalue weighted by Gasteiger charge is 2.31. The van der Waals surface area contributed by atoms with E-state index < -0.39 is 26.7 Å². The fraction of sp³-hybridized carbons (Fsp3) is 0.294. The molecule has 0 saturated carbocycles. The molecule has 0 aliphatic rings. The van der Waals surface area contributed by atoms with Crippen LogP contribution in [0.5, 0.6) is 17.2 Å². The van der Waals surface area contributed by atoms with E-state index in [-0.39, 0.29) is 6.54 Å². The molecule has 148 valence electrons. The predicted molar refractivity (Wildman–Crippen MR) is 91.6 cm³/mol. The van der Waals surface area contributed by atoms with Crippen molar-refractivity contribution < 1.29 is 35.8 Å². The summed E-state index contributed by atoms with van der Waals surface area (Å²) in [6.07, 6.45) is -4.64. The normalized spacial score (nSPS) is 11.9. The first-order valence-corrected chi connectivity index (χ1v) is 9.06. The zero-order chi connectivity index (χ0) is 20.2. The van der Waals surface area contributed by atoms with Crippen LogP contribution in [0.15, 0.2) is 41.3 Å². The van der Waals surface area contributed by atoms with Gasteiger partial charge in [-0.25, -0.2) is 13.1 Å². The zero-order valence-electron chi connectivity index (χ0n) is 14.8. The van der Waals surface area contributed by atoms with Crippen molar-refractivity contribution in [2.24, 2.45) is 0 Å². The van der Waals surface area contributed by atoms with Gasteiger partial charge in [-0.05, 0) is 35.9 Å². The third kappa shape index (κ3) is 4.83. The Labute approximate surface area is 154 Å². The van der Waals surface area contributed by atoms with Crippen LogP contribution in [0.1, 0.15) is 11.1 Å². The number of methoxy groups -OCH3 is 3. The van der Waals surface area contributed by atoms with Crippen molar-refractivity contribution in [3.05, 3.63) is 47.5 Å². The Kier molecular flexibility index (Phi) is 6.22. The Bertz CT molecular complexity index is 888. The zero-order valence-corrected chi connectivity index (χ0v) is 15.6. The number of hydrogen-bond acceptors (Lipinski definition) is 5. The van der Waals surface area contributed by atoms with Gasteiger partial charge >= 0.3 is 6.18 Å². The van der Waals surface area contributed by atoms with E-state index >= 15 is 0 Å². The Morgan fingerprint density at radius 1 is 0.963 bits per heavy atom. The summed E-state index contributed by atoms with van der Waals surface area (Å²) in [6, 6.07) is 6.59. The molecule has 0 heterocycles. The lowest BCUT2D eigenvalue weighted by Crippen LogP contribution is -2.23. The number of alkyl halides is 3. The van der Waals surface area contributed by atoms with Crippen LogP contribution < -0.4 is 18.9 Å². The van der Waals surface area contributed by atoms with Crippen LogP contribution in [0.4, 0.5) is 13.2 Å². The van der Waals surface area contributed by atoms with Gasteiger partial charge in [0.1, 0.15) is 0 Å². The second-order valence-electron chi connectivity index (χ2n) is 5.38. The first-order valence-electron chi connectivity index (χ1n) is 7.58. The molecule has 6 nitrogen and oxygen atoms in total. The largest absolute Gasteiger partial charge is 0.493 e. The molecule has 1 N–H and O–H groups in total. The summed E-state index contributed by atoms with van der Waals surface area (Å²) in [7, 11) is 0.0892. The van der Waals surface area contributed by atoms with Crippen molar-refractivity contribution in [1.82, 2.24) is 4.72 Å². The third-order valence-corrected chi connectivity index (χ3v) is 5.06. The van der Waals surface area contributed by atoms with Gasteiger partial charge < -0.3 is 14.2 Å². The molecule has 2 aromatic rings. The van der Waals surface area contributed by atoms with Crippen LogP contribution in [0.25, 0.3) is 0 Å². The molecule has 0 aliphatic carbocycles. The van der Waals surface area contributed by atoms with E-state index in [9.17, 15) is 21.6 Å². The minimum absolute atomic E-state index is 0.185. The highest BCUT2D eigenvalue weighted by Crippen LogP contribution is 2.38. The fourth-order valence-corrected chi connectivity index (χ4v) is 3.40. The highest BCUT2D eigenvalue weighted by molar-refractivity contribution is 7.89. The van der Waals surface area contributed by atoms with Crippen LogP contribution in [-0.4, -0.2) is 29.7 Å². The number of nitrogens with one attached hydrogen (secondary N) is 1. The van der Waals surface area contributed by atoms with Crippen LogP contribution >= 0.6 is 0 Å². The van der Waals surface area contributed by atoms with Crippen LogP contribution in [0, 0.1) is 0 Å². The van der Waals surface area contributed by atoms with E-state index in [1.807, 2.05) is 0 Å². The lowest BCUT2D eigenvalue weighted by Gasteiger charge is -2.15. The lowest BCUT2D eigenvalue weighted by molar-refractivity contribution is -0.137. The Balaban J connectivity index is 2.28. The van der Waals surface area contributed by atoms with Crippen LogP contribution in [-0.2, 0) is 22.7 Å². The predicted octanol–water partition coefficient (Wildman–Crippen LogP) is 3.21. The molecular weight excluding hydrogens is 387 g/mol. The van der Waals surface area contributed by atoms with Gasteiger partial charge in [-0.3, -0.25) is 0 Å². The number of ether oxygens (including phenoxy) is 3. The number of sulfonamides is 1. The molecule has 0 radical (unpaired) electrons. The fourth-order valence-electron chi connectivity index (χ4n) is 2.34. The molecular formula is C17H18F3NO5S. The van der Waals surface area contributed by atoms with Gasteiger partial charge in [0.25, 0.3) is 0 Å². The maximum Gasteiger partial charge on any atom is 0.416 e. The lowest BCUT2D eigenvalue weighted by atomic mass is 10.2. The molecule has 0 spiro atoms. The second kappa shape index (κ2) is 8.05. The summed E-state index contributed by atoms with van der Waals surface area (Å²) >= 11 is 0. The second-order valence-corrected chi connectivity index (χ2v) is 7.15. The van der Waals surface area contributed by atoms with Crippen molar-refractivity contribution in [3.8, 4) is 17.2 Å². The van der Waals surface area contributed by atoms with Crippen molar-refractivity contribution in [1.29, 1.82) is 0 Å². The summed E-state index contributed by atoms with van der Waals surface area (Å²) in [5, 5.41) is 0.